The molecule has 0 spiro atoms. The van der Waals surface area contributed by atoms with Gasteiger partial charge in [0.05, 0.1) is 11.0 Å². The van der Waals surface area contributed by atoms with E-state index < -0.39 is 5.76 Å². The number of benzene rings is 1. The third-order valence-corrected chi connectivity index (χ3v) is 6.37. The van der Waals surface area contributed by atoms with Crippen LogP contribution in [0, 0.1) is 13.8 Å². The number of rotatable bonds is 4. The first-order chi connectivity index (χ1) is 16.9. The van der Waals surface area contributed by atoms with Gasteiger partial charge in [-0.3, -0.25) is 14.5 Å². The van der Waals surface area contributed by atoms with Crippen molar-refractivity contribution in [1.82, 2.24) is 29.5 Å². The summed E-state index contributed by atoms with van der Waals surface area (Å²) in [5, 5.41) is 0. The largest absolute Gasteiger partial charge is 0.439 e. The van der Waals surface area contributed by atoms with Crippen LogP contribution in [0.2, 0.25) is 0 Å². The molecule has 0 amide bonds. The molecule has 0 aliphatic carbocycles. The number of imidazole rings is 1. The van der Waals surface area contributed by atoms with Gasteiger partial charge in [0, 0.05) is 37.5 Å². The van der Waals surface area contributed by atoms with Crippen molar-refractivity contribution < 1.29 is 9.15 Å². The average molecular weight is 473 g/mol. The molecule has 0 bridgehead atoms. The summed E-state index contributed by atoms with van der Waals surface area (Å²) in [5.41, 5.74) is 3.22. The van der Waals surface area contributed by atoms with Crippen LogP contribution in [0.25, 0.3) is 22.3 Å². The molecular weight excluding hydrogens is 450 g/mol. The molecule has 1 aliphatic rings. The number of aromatic nitrogens is 6. The van der Waals surface area contributed by atoms with Gasteiger partial charge in [-0.2, -0.15) is 4.98 Å². The Bertz CT molecular complexity index is 1670. The summed E-state index contributed by atoms with van der Waals surface area (Å²) in [6.07, 6.45) is 3.27. The highest BCUT2D eigenvalue weighted by Crippen LogP contribution is 2.30. The number of aromatic amines is 2. The molecule has 35 heavy (non-hydrogen) atoms. The molecule has 1 aliphatic heterocycles. The minimum atomic E-state index is -0.505. The lowest BCUT2D eigenvalue weighted by molar-refractivity contribution is 0.394. The van der Waals surface area contributed by atoms with Crippen LogP contribution in [-0.2, 0) is 0 Å². The smallest absolute Gasteiger partial charge is 0.417 e. The first kappa shape index (κ1) is 21.1. The van der Waals surface area contributed by atoms with E-state index in [9.17, 15) is 9.59 Å². The van der Waals surface area contributed by atoms with Gasteiger partial charge in [0.1, 0.15) is 17.4 Å². The summed E-state index contributed by atoms with van der Waals surface area (Å²) in [7, 11) is 0. The third-order valence-electron chi connectivity index (χ3n) is 6.37. The Labute approximate surface area is 198 Å². The Morgan fingerprint density at radius 1 is 1.09 bits per heavy atom. The van der Waals surface area contributed by atoms with Gasteiger partial charge in [-0.25, -0.2) is 19.6 Å². The SMILES string of the molecule is Cc1nc(Oc2cc(C)c3[nH]c(=O)oc3c2)cc(N2CCC(n3c(=O)[nH]c4ncccc43)CC2)n1. The summed E-state index contributed by atoms with van der Waals surface area (Å²) in [6, 6.07) is 9.14. The molecule has 0 atom stereocenters. The Hall–Kier alpha value is -4.41. The van der Waals surface area contributed by atoms with Crippen LogP contribution >= 0.6 is 0 Å². The maximum absolute atomic E-state index is 12.6. The number of piperidine rings is 1. The van der Waals surface area contributed by atoms with Crippen molar-refractivity contribution in [3.8, 4) is 11.6 Å². The zero-order chi connectivity index (χ0) is 24.1. The van der Waals surface area contributed by atoms with Crippen LogP contribution in [0.1, 0.15) is 30.3 Å². The highest BCUT2D eigenvalue weighted by molar-refractivity contribution is 5.78. The fourth-order valence-electron chi connectivity index (χ4n) is 4.78. The second-order valence-corrected chi connectivity index (χ2v) is 8.73. The fourth-order valence-corrected chi connectivity index (χ4v) is 4.78. The van der Waals surface area contributed by atoms with Crippen LogP contribution in [-0.4, -0.2) is 42.6 Å². The normalized spacial score (nSPS) is 14.7. The summed E-state index contributed by atoms with van der Waals surface area (Å²) in [5.74, 6) is 1.78. The molecule has 0 radical (unpaired) electrons. The van der Waals surface area contributed by atoms with E-state index in [4.69, 9.17) is 9.15 Å². The van der Waals surface area contributed by atoms with Crippen molar-refractivity contribution in [3.05, 3.63) is 69.0 Å². The molecule has 11 nitrogen and oxygen atoms in total. The molecule has 178 valence electrons. The van der Waals surface area contributed by atoms with Crippen molar-refractivity contribution in [2.45, 2.75) is 32.7 Å². The lowest BCUT2D eigenvalue weighted by Crippen LogP contribution is -2.37. The number of nitrogens with zero attached hydrogens (tertiary/aromatic N) is 5. The zero-order valence-electron chi connectivity index (χ0n) is 19.2. The molecule has 0 saturated carbocycles. The third kappa shape index (κ3) is 3.84. The monoisotopic (exact) mass is 473 g/mol. The second kappa shape index (κ2) is 8.12. The number of H-pyrrole nitrogens is 2. The number of fused-ring (bicyclic) bond motifs is 2. The summed E-state index contributed by atoms with van der Waals surface area (Å²) in [6.45, 7) is 5.16. The van der Waals surface area contributed by atoms with Gasteiger partial charge in [0.2, 0.25) is 5.88 Å². The number of nitrogens with one attached hydrogen (secondary N) is 2. The van der Waals surface area contributed by atoms with E-state index in [1.165, 1.54) is 0 Å². The molecule has 11 heteroatoms. The van der Waals surface area contributed by atoms with Gasteiger partial charge in [0.25, 0.3) is 0 Å². The number of anilines is 1. The van der Waals surface area contributed by atoms with Gasteiger partial charge in [-0.15, -0.1) is 0 Å². The molecule has 2 N–H and O–H groups in total. The minimum absolute atomic E-state index is 0.0843. The maximum atomic E-state index is 12.6. The molecule has 5 heterocycles. The van der Waals surface area contributed by atoms with Gasteiger partial charge < -0.3 is 14.1 Å². The average Bonchev–Trinajstić information content (AvgIpc) is 3.37. The Kier molecular flexibility index (Phi) is 4.90. The first-order valence-electron chi connectivity index (χ1n) is 11.4. The lowest BCUT2D eigenvalue weighted by Gasteiger charge is -2.33. The predicted octanol–water partition coefficient (Wildman–Crippen LogP) is 3.20. The van der Waals surface area contributed by atoms with E-state index in [-0.39, 0.29) is 11.7 Å². The molecule has 1 fully saturated rings. The van der Waals surface area contributed by atoms with Gasteiger partial charge in [-0.1, -0.05) is 0 Å². The summed E-state index contributed by atoms with van der Waals surface area (Å²) < 4.78 is 13.0. The molecule has 1 saturated heterocycles. The van der Waals surface area contributed by atoms with Crippen LogP contribution in [0.3, 0.4) is 0 Å². The molecule has 5 aromatic rings. The van der Waals surface area contributed by atoms with Crippen LogP contribution in [0.4, 0.5) is 5.82 Å². The Morgan fingerprint density at radius 2 is 1.91 bits per heavy atom. The standard InChI is InChI=1S/C24H23N7O4/c1-13-10-16(11-18-21(13)28-24(33)35-18)34-20-12-19(26-14(2)27-20)30-8-5-15(6-9-30)31-17-4-3-7-25-22(17)29-23(31)32/h3-4,7,10-12,15H,5-6,8-9H2,1-2H3,(H,28,33)(H,25,29,32). The van der Waals surface area contributed by atoms with E-state index in [1.54, 1.807) is 12.3 Å². The number of aryl methyl sites for hydroxylation is 2. The number of hydrogen-bond acceptors (Lipinski definition) is 8. The maximum Gasteiger partial charge on any atom is 0.417 e. The number of pyridine rings is 1. The molecular formula is C24H23N7O4. The van der Waals surface area contributed by atoms with E-state index in [2.05, 4.69) is 29.8 Å². The highest BCUT2D eigenvalue weighted by atomic mass is 16.5. The van der Waals surface area contributed by atoms with E-state index in [1.807, 2.05) is 42.7 Å². The van der Waals surface area contributed by atoms with Gasteiger partial charge in [-0.05, 0) is 50.5 Å². The molecule has 0 unspecified atom stereocenters. The Morgan fingerprint density at radius 3 is 2.74 bits per heavy atom. The van der Waals surface area contributed by atoms with Crippen molar-refractivity contribution in [3.63, 3.8) is 0 Å². The quantitative estimate of drug-likeness (QED) is 0.406. The predicted molar refractivity (Wildman–Crippen MR) is 129 cm³/mol. The van der Waals surface area contributed by atoms with E-state index in [0.29, 0.717) is 34.2 Å². The van der Waals surface area contributed by atoms with Crippen molar-refractivity contribution in [2.75, 3.05) is 18.0 Å². The van der Waals surface area contributed by atoms with E-state index >= 15 is 0 Å². The molecule has 1 aromatic carbocycles. The molecule has 4 aromatic heterocycles. The van der Waals surface area contributed by atoms with Gasteiger partial charge in [0.15, 0.2) is 11.2 Å². The summed E-state index contributed by atoms with van der Waals surface area (Å²) in [4.78, 5) is 45.1. The number of hydrogen-bond donors (Lipinski definition) is 2. The summed E-state index contributed by atoms with van der Waals surface area (Å²) >= 11 is 0. The number of ether oxygens (including phenoxy) is 1. The van der Waals surface area contributed by atoms with Crippen LogP contribution in [0.15, 0.2) is 50.5 Å². The number of oxazole rings is 1. The van der Waals surface area contributed by atoms with Crippen molar-refractivity contribution in [2.24, 2.45) is 0 Å². The topological polar surface area (TPSA) is 135 Å². The zero-order valence-corrected chi connectivity index (χ0v) is 19.2. The second-order valence-electron chi connectivity index (χ2n) is 8.73. The van der Waals surface area contributed by atoms with Gasteiger partial charge >= 0.3 is 11.4 Å². The molecule has 6 rings (SSSR count). The van der Waals surface area contributed by atoms with Crippen molar-refractivity contribution in [1.29, 1.82) is 0 Å². The Balaban J connectivity index is 1.22. The van der Waals surface area contributed by atoms with E-state index in [0.717, 1.165) is 42.8 Å². The lowest BCUT2D eigenvalue weighted by atomic mass is 10.0. The fraction of sp³-hybridized carbons (Fsp3) is 0.292. The first-order valence-corrected chi connectivity index (χ1v) is 11.4. The van der Waals surface area contributed by atoms with Crippen LogP contribution in [0.5, 0.6) is 11.6 Å². The van der Waals surface area contributed by atoms with Crippen LogP contribution < -0.4 is 21.1 Å². The van der Waals surface area contributed by atoms with Crippen molar-refractivity contribution >= 4 is 28.1 Å². The minimum Gasteiger partial charge on any atom is -0.439 e. The highest BCUT2D eigenvalue weighted by Gasteiger charge is 2.25.